The number of nitrogens with two attached hydrogens (primary N) is 1. The number of halogens is 1. The molecule has 1 aliphatic heterocycles. The highest BCUT2D eigenvalue weighted by Crippen LogP contribution is 2.27. The van der Waals surface area contributed by atoms with E-state index >= 15 is 0 Å². The van der Waals surface area contributed by atoms with E-state index in [9.17, 15) is 9.59 Å². The van der Waals surface area contributed by atoms with Crippen LogP contribution in [0.1, 0.15) is 39.0 Å². The van der Waals surface area contributed by atoms with E-state index in [0.29, 0.717) is 5.92 Å². The standard InChI is InChI=1S/C14H25N3O2.ClH/c1-10(18)16-9-11-5-7-17(8-6-11)14(19)12-3-2-4-13(12)15;/h11-13H,2-9,15H2,1H3,(H,16,18);1H. The first-order chi connectivity index (χ1) is 9.08. The van der Waals surface area contributed by atoms with Crippen LogP contribution in [-0.4, -0.2) is 42.4 Å². The summed E-state index contributed by atoms with van der Waals surface area (Å²) in [6, 6.07) is 0.0598. The van der Waals surface area contributed by atoms with E-state index in [1.807, 2.05) is 4.90 Å². The van der Waals surface area contributed by atoms with E-state index in [1.54, 1.807) is 6.92 Å². The number of nitrogens with one attached hydrogen (secondary N) is 1. The predicted octanol–water partition coefficient (Wildman–Crippen LogP) is 0.910. The summed E-state index contributed by atoms with van der Waals surface area (Å²) in [5, 5.41) is 2.86. The van der Waals surface area contributed by atoms with Crippen LogP contribution in [0.15, 0.2) is 0 Å². The van der Waals surface area contributed by atoms with Gasteiger partial charge in [-0.3, -0.25) is 9.59 Å². The number of carbonyl (C=O) groups is 2. The molecule has 5 nitrogen and oxygen atoms in total. The average Bonchev–Trinajstić information content (AvgIpc) is 2.82. The lowest BCUT2D eigenvalue weighted by Crippen LogP contribution is -2.46. The Balaban J connectivity index is 0.00000200. The van der Waals surface area contributed by atoms with Crippen LogP contribution < -0.4 is 11.1 Å². The second-order valence-electron chi connectivity index (χ2n) is 5.91. The number of hydrogen-bond acceptors (Lipinski definition) is 3. The van der Waals surface area contributed by atoms with Crippen molar-refractivity contribution in [3.8, 4) is 0 Å². The van der Waals surface area contributed by atoms with Gasteiger partial charge >= 0.3 is 0 Å². The number of piperidine rings is 1. The van der Waals surface area contributed by atoms with Gasteiger partial charge in [0.1, 0.15) is 0 Å². The molecule has 2 fully saturated rings. The summed E-state index contributed by atoms with van der Waals surface area (Å²) in [5.74, 6) is 0.829. The maximum atomic E-state index is 12.4. The van der Waals surface area contributed by atoms with E-state index in [1.165, 1.54) is 0 Å². The maximum absolute atomic E-state index is 12.4. The lowest BCUT2D eigenvalue weighted by Gasteiger charge is -2.34. The molecule has 0 bridgehead atoms. The van der Waals surface area contributed by atoms with Crippen LogP contribution in [0.5, 0.6) is 0 Å². The summed E-state index contributed by atoms with van der Waals surface area (Å²) in [7, 11) is 0. The van der Waals surface area contributed by atoms with Crippen LogP contribution in [0.2, 0.25) is 0 Å². The number of likely N-dealkylation sites (tertiary alicyclic amines) is 1. The van der Waals surface area contributed by atoms with Gasteiger partial charge in [-0.15, -0.1) is 12.4 Å². The Morgan fingerprint density at radius 3 is 2.35 bits per heavy atom. The van der Waals surface area contributed by atoms with Crippen LogP contribution in [0.4, 0.5) is 0 Å². The van der Waals surface area contributed by atoms with Crippen molar-refractivity contribution in [2.45, 2.75) is 45.1 Å². The Morgan fingerprint density at radius 1 is 1.20 bits per heavy atom. The number of nitrogens with zero attached hydrogens (tertiary/aromatic N) is 1. The lowest BCUT2D eigenvalue weighted by molar-refractivity contribution is -0.137. The fourth-order valence-electron chi connectivity index (χ4n) is 3.18. The SMILES string of the molecule is CC(=O)NCC1CCN(C(=O)C2CCCC2N)CC1.Cl. The van der Waals surface area contributed by atoms with Crippen LogP contribution in [0.3, 0.4) is 0 Å². The molecule has 1 saturated heterocycles. The molecule has 0 spiro atoms. The smallest absolute Gasteiger partial charge is 0.227 e. The minimum absolute atomic E-state index is 0. The Bertz CT molecular complexity index is 343. The van der Waals surface area contributed by atoms with E-state index in [4.69, 9.17) is 5.73 Å². The molecular weight excluding hydrogens is 278 g/mol. The summed E-state index contributed by atoms with van der Waals surface area (Å²) in [5.41, 5.74) is 6.00. The zero-order valence-corrected chi connectivity index (χ0v) is 13.0. The molecule has 0 aromatic heterocycles. The van der Waals surface area contributed by atoms with Crippen molar-refractivity contribution in [3.63, 3.8) is 0 Å². The van der Waals surface area contributed by atoms with E-state index < -0.39 is 0 Å². The molecule has 6 heteroatoms. The number of rotatable bonds is 3. The van der Waals surface area contributed by atoms with Crippen LogP contribution >= 0.6 is 12.4 Å². The topological polar surface area (TPSA) is 75.4 Å². The van der Waals surface area contributed by atoms with Gasteiger partial charge in [-0.25, -0.2) is 0 Å². The van der Waals surface area contributed by atoms with E-state index in [-0.39, 0.29) is 36.2 Å². The van der Waals surface area contributed by atoms with Crippen molar-refractivity contribution in [1.29, 1.82) is 0 Å². The van der Waals surface area contributed by atoms with Gasteiger partial charge in [-0.2, -0.15) is 0 Å². The first-order valence-corrected chi connectivity index (χ1v) is 7.36. The molecule has 2 unspecified atom stereocenters. The molecule has 20 heavy (non-hydrogen) atoms. The fraction of sp³-hybridized carbons (Fsp3) is 0.857. The van der Waals surface area contributed by atoms with E-state index in [0.717, 1.165) is 51.7 Å². The highest BCUT2D eigenvalue weighted by molar-refractivity contribution is 5.85. The van der Waals surface area contributed by atoms with Crippen LogP contribution in [0.25, 0.3) is 0 Å². The molecule has 1 saturated carbocycles. The predicted molar refractivity (Wildman–Crippen MR) is 80.6 cm³/mol. The number of amides is 2. The van der Waals surface area contributed by atoms with Crippen molar-refractivity contribution in [1.82, 2.24) is 10.2 Å². The molecule has 116 valence electrons. The zero-order chi connectivity index (χ0) is 13.8. The van der Waals surface area contributed by atoms with Crippen molar-refractivity contribution >= 4 is 24.2 Å². The minimum atomic E-state index is 0. The fourth-order valence-corrected chi connectivity index (χ4v) is 3.18. The summed E-state index contributed by atoms with van der Waals surface area (Å²) in [4.78, 5) is 25.2. The molecule has 0 aromatic rings. The normalized spacial score (nSPS) is 27.0. The molecule has 1 heterocycles. The van der Waals surface area contributed by atoms with Gasteiger partial charge in [-0.05, 0) is 31.6 Å². The summed E-state index contributed by atoms with van der Waals surface area (Å²) in [6.45, 7) is 3.90. The minimum Gasteiger partial charge on any atom is -0.356 e. The average molecular weight is 304 g/mol. The molecule has 2 atom stereocenters. The lowest BCUT2D eigenvalue weighted by atomic mass is 9.94. The highest BCUT2D eigenvalue weighted by atomic mass is 35.5. The van der Waals surface area contributed by atoms with Gasteiger partial charge in [0.2, 0.25) is 11.8 Å². The zero-order valence-electron chi connectivity index (χ0n) is 12.1. The monoisotopic (exact) mass is 303 g/mol. The van der Waals surface area contributed by atoms with Gasteiger partial charge in [0, 0.05) is 32.6 Å². The summed E-state index contributed by atoms with van der Waals surface area (Å²) in [6.07, 6.45) is 4.97. The van der Waals surface area contributed by atoms with Gasteiger partial charge < -0.3 is 16.0 Å². The molecule has 0 aromatic carbocycles. The van der Waals surface area contributed by atoms with Crippen molar-refractivity contribution in [3.05, 3.63) is 0 Å². The Hall–Kier alpha value is -0.810. The van der Waals surface area contributed by atoms with Gasteiger partial charge in [0.25, 0.3) is 0 Å². The number of carbonyl (C=O) groups excluding carboxylic acids is 2. The third-order valence-corrected chi connectivity index (χ3v) is 4.45. The number of hydrogen-bond donors (Lipinski definition) is 2. The molecule has 2 aliphatic rings. The first kappa shape index (κ1) is 17.2. The van der Waals surface area contributed by atoms with Crippen molar-refractivity contribution < 1.29 is 9.59 Å². The third-order valence-electron chi connectivity index (χ3n) is 4.45. The third kappa shape index (κ3) is 4.35. The molecule has 0 radical (unpaired) electrons. The maximum Gasteiger partial charge on any atom is 0.227 e. The highest BCUT2D eigenvalue weighted by Gasteiger charge is 2.34. The summed E-state index contributed by atoms with van der Waals surface area (Å²) >= 11 is 0. The van der Waals surface area contributed by atoms with Crippen LogP contribution in [0, 0.1) is 11.8 Å². The van der Waals surface area contributed by atoms with Gasteiger partial charge in [0.05, 0.1) is 5.92 Å². The molecule has 2 amide bonds. The second kappa shape index (κ2) is 7.84. The molecule has 2 rings (SSSR count). The largest absolute Gasteiger partial charge is 0.356 e. The van der Waals surface area contributed by atoms with Gasteiger partial charge in [0.15, 0.2) is 0 Å². The van der Waals surface area contributed by atoms with Gasteiger partial charge in [-0.1, -0.05) is 6.42 Å². The van der Waals surface area contributed by atoms with Crippen LogP contribution in [-0.2, 0) is 9.59 Å². The van der Waals surface area contributed by atoms with E-state index in [2.05, 4.69) is 5.32 Å². The second-order valence-corrected chi connectivity index (χ2v) is 5.91. The Morgan fingerprint density at radius 2 is 1.85 bits per heavy atom. The summed E-state index contributed by atoms with van der Waals surface area (Å²) < 4.78 is 0. The Labute approximate surface area is 127 Å². The first-order valence-electron chi connectivity index (χ1n) is 7.36. The molecular formula is C14H26ClN3O2. The Kier molecular flexibility index (Phi) is 6.76. The molecule has 1 aliphatic carbocycles. The quantitative estimate of drug-likeness (QED) is 0.814. The molecule has 3 N–H and O–H groups in total. The van der Waals surface area contributed by atoms with Crippen molar-refractivity contribution in [2.75, 3.05) is 19.6 Å². The van der Waals surface area contributed by atoms with Crippen molar-refractivity contribution in [2.24, 2.45) is 17.6 Å².